The highest BCUT2D eigenvalue weighted by atomic mass is 16.2. The van der Waals surface area contributed by atoms with Gasteiger partial charge in [-0.1, -0.05) is 57.8 Å². The van der Waals surface area contributed by atoms with Gasteiger partial charge in [0.25, 0.3) is 0 Å². The van der Waals surface area contributed by atoms with Crippen molar-refractivity contribution in [1.29, 1.82) is 0 Å². The summed E-state index contributed by atoms with van der Waals surface area (Å²) in [5.41, 5.74) is 0. The molecule has 0 unspecified atom stereocenters. The lowest BCUT2D eigenvalue weighted by Crippen LogP contribution is -1.85. The van der Waals surface area contributed by atoms with Gasteiger partial charge >= 0.3 is 0 Å². The predicted octanol–water partition coefficient (Wildman–Crippen LogP) is 3.86. The lowest BCUT2D eigenvalue weighted by atomic mass is 10.1. The third-order valence-corrected chi connectivity index (χ3v) is 2.98. The summed E-state index contributed by atoms with van der Waals surface area (Å²) in [5, 5.41) is 8.61. The molecule has 0 rings (SSSR count). The summed E-state index contributed by atoms with van der Waals surface area (Å²) in [6.07, 6.45) is 15.5. The molecule has 0 atom stereocenters. The fourth-order valence-corrected chi connectivity index (χ4v) is 1.93. The Morgan fingerprint density at radius 1 is 0.625 bits per heavy atom. The highest BCUT2D eigenvalue weighted by Crippen LogP contribution is 2.11. The Bertz CT molecular complexity index is 135. The minimum atomic E-state index is 0.348. The summed E-state index contributed by atoms with van der Waals surface area (Å²) >= 11 is 0. The van der Waals surface area contributed by atoms with Crippen LogP contribution in [0.2, 0.25) is 0 Å². The Balaban J connectivity index is 2.85. The number of aliphatic hydroxyl groups is 1. The molecule has 0 radical (unpaired) electrons. The Morgan fingerprint density at radius 2 is 1.00 bits per heavy atom. The van der Waals surface area contributed by atoms with Crippen molar-refractivity contribution in [3.63, 3.8) is 0 Å². The quantitative estimate of drug-likeness (QED) is 0.384. The number of aldehydes is 1. The summed E-state index contributed by atoms with van der Waals surface area (Å²) in [4.78, 5) is 10.1. The van der Waals surface area contributed by atoms with Crippen molar-refractivity contribution in [2.75, 3.05) is 6.61 Å². The van der Waals surface area contributed by atoms with Crippen LogP contribution in [0.15, 0.2) is 0 Å². The van der Waals surface area contributed by atoms with E-state index in [1.54, 1.807) is 0 Å². The average Bonchev–Trinajstić information content (AvgIpc) is 2.31. The molecule has 0 spiro atoms. The molecule has 0 aromatic heterocycles. The van der Waals surface area contributed by atoms with Crippen LogP contribution in [0.5, 0.6) is 0 Å². The van der Waals surface area contributed by atoms with Gasteiger partial charge in [0.2, 0.25) is 0 Å². The van der Waals surface area contributed by atoms with Crippen LogP contribution in [0.1, 0.15) is 77.0 Å². The number of unbranched alkanes of at least 4 members (excludes halogenated alkanes) is 11. The van der Waals surface area contributed by atoms with Crippen molar-refractivity contribution in [2.24, 2.45) is 0 Å². The Morgan fingerprint density at radius 3 is 1.38 bits per heavy atom. The Hall–Kier alpha value is -0.370. The maximum atomic E-state index is 10.1. The zero-order chi connectivity index (χ0) is 11.9. The van der Waals surface area contributed by atoms with Crippen molar-refractivity contribution in [3.8, 4) is 0 Å². The van der Waals surface area contributed by atoms with Crippen molar-refractivity contribution in [1.82, 2.24) is 0 Å². The van der Waals surface area contributed by atoms with Crippen LogP contribution in [0.3, 0.4) is 0 Å². The summed E-state index contributed by atoms with van der Waals surface area (Å²) in [7, 11) is 0. The number of hydrogen-bond acceptors (Lipinski definition) is 2. The monoisotopic (exact) mass is 228 g/mol. The van der Waals surface area contributed by atoms with Crippen molar-refractivity contribution in [3.05, 3.63) is 0 Å². The molecule has 0 fully saturated rings. The van der Waals surface area contributed by atoms with E-state index in [1.165, 1.54) is 57.8 Å². The second-order valence-corrected chi connectivity index (χ2v) is 4.57. The minimum absolute atomic E-state index is 0.348. The lowest BCUT2D eigenvalue weighted by molar-refractivity contribution is -0.107. The molecular formula is C14H28O2. The molecular weight excluding hydrogens is 200 g/mol. The first-order chi connectivity index (χ1) is 7.91. The zero-order valence-electron chi connectivity index (χ0n) is 10.6. The minimum Gasteiger partial charge on any atom is -0.396 e. The highest BCUT2D eigenvalue weighted by molar-refractivity contribution is 5.48. The van der Waals surface area contributed by atoms with Gasteiger partial charge in [0.1, 0.15) is 6.29 Å². The van der Waals surface area contributed by atoms with Gasteiger partial charge in [-0.3, -0.25) is 0 Å². The van der Waals surface area contributed by atoms with Crippen LogP contribution < -0.4 is 0 Å². The molecule has 0 aromatic carbocycles. The molecule has 0 aliphatic heterocycles. The van der Waals surface area contributed by atoms with Gasteiger partial charge < -0.3 is 9.90 Å². The summed E-state index contributed by atoms with van der Waals surface area (Å²) in [6.45, 7) is 0.348. The SMILES string of the molecule is O=CCCCCCCCCCCCCCO. The average molecular weight is 228 g/mol. The van der Waals surface area contributed by atoms with Gasteiger partial charge in [-0.2, -0.15) is 0 Å². The normalized spacial score (nSPS) is 10.6. The fourth-order valence-electron chi connectivity index (χ4n) is 1.93. The molecule has 1 N–H and O–H groups in total. The van der Waals surface area contributed by atoms with Crippen LogP contribution in [-0.4, -0.2) is 18.0 Å². The number of hydrogen-bond donors (Lipinski definition) is 1. The second-order valence-electron chi connectivity index (χ2n) is 4.57. The Labute approximate surface area is 100 Å². The zero-order valence-corrected chi connectivity index (χ0v) is 10.6. The molecule has 0 aliphatic rings. The topological polar surface area (TPSA) is 37.3 Å². The Kier molecular flexibility index (Phi) is 14.3. The molecule has 96 valence electrons. The molecule has 0 heterocycles. The van der Waals surface area contributed by atoms with Gasteiger partial charge in [0.05, 0.1) is 0 Å². The standard InChI is InChI=1S/C14H28O2/c15-13-11-9-7-5-3-1-2-4-6-8-10-12-14-16/h13,16H,1-12,14H2. The molecule has 0 amide bonds. The summed E-state index contributed by atoms with van der Waals surface area (Å²) in [5.74, 6) is 0. The highest BCUT2D eigenvalue weighted by Gasteiger charge is 1.93. The van der Waals surface area contributed by atoms with Crippen molar-refractivity contribution < 1.29 is 9.90 Å². The number of carbonyl (C=O) groups excluding carboxylic acids is 1. The van der Waals surface area contributed by atoms with Crippen molar-refractivity contribution >= 4 is 6.29 Å². The van der Waals surface area contributed by atoms with E-state index in [2.05, 4.69) is 0 Å². The predicted molar refractivity (Wildman–Crippen MR) is 68.6 cm³/mol. The van der Waals surface area contributed by atoms with E-state index in [4.69, 9.17) is 5.11 Å². The first kappa shape index (κ1) is 15.6. The molecule has 0 aromatic rings. The summed E-state index contributed by atoms with van der Waals surface area (Å²) < 4.78 is 0. The largest absolute Gasteiger partial charge is 0.396 e. The maximum Gasteiger partial charge on any atom is 0.119 e. The van der Waals surface area contributed by atoms with E-state index < -0.39 is 0 Å². The van der Waals surface area contributed by atoms with Crippen LogP contribution >= 0.6 is 0 Å². The van der Waals surface area contributed by atoms with E-state index in [9.17, 15) is 4.79 Å². The molecule has 16 heavy (non-hydrogen) atoms. The van der Waals surface area contributed by atoms with E-state index in [-0.39, 0.29) is 0 Å². The van der Waals surface area contributed by atoms with Crippen LogP contribution in [0.4, 0.5) is 0 Å². The third kappa shape index (κ3) is 13.6. The molecule has 0 saturated heterocycles. The van der Waals surface area contributed by atoms with Crippen molar-refractivity contribution in [2.45, 2.75) is 77.0 Å². The molecule has 0 saturated carbocycles. The van der Waals surface area contributed by atoms with Gasteiger partial charge in [0, 0.05) is 13.0 Å². The number of rotatable bonds is 13. The third-order valence-electron chi connectivity index (χ3n) is 2.98. The fraction of sp³-hybridized carbons (Fsp3) is 0.929. The van der Waals surface area contributed by atoms with Gasteiger partial charge in [-0.05, 0) is 12.8 Å². The number of carbonyl (C=O) groups is 1. The second kappa shape index (κ2) is 14.6. The maximum absolute atomic E-state index is 10.1. The first-order valence-electron chi connectivity index (χ1n) is 6.96. The van der Waals surface area contributed by atoms with E-state index in [0.29, 0.717) is 6.61 Å². The van der Waals surface area contributed by atoms with E-state index in [0.717, 1.165) is 25.5 Å². The van der Waals surface area contributed by atoms with Gasteiger partial charge in [0.15, 0.2) is 0 Å². The van der Waals surface area contributed by atoms with E-state index >= 15 is 0 Å². The number of aliphatic hydroxyl groups excluding tert-OH is 1. The first-order valence-corrected chi connectivity index (χ1v) is 6.96. The lowest BCUT2D eigenvalue weighted by Gasteiger charge is -2.01. The molecule has 0 bridgehead atoms. The molecule has 0 aliphatic carbocycles. The van der Waals surface area contributed by atoms with Gasteiger partial charge in [-0.15, -0.1) is 0 Å². The smallest absolute Gasteiger partial charge is 0.119 e. The van der Waals surface area contributed by atoms with E-state index in [1.807, 2.05) is 0 Å². The van der Waals surface area contributed by atoms with Gasteiger partial charge in [-0.25, -0.2) is 0 Å². The van der Waals surface area contributed by atoms with Crippen LogP contribution in [0, 0.1) is 0 Å². The molecule has 2 nitrogen and oxygen atoms in total. The van der Waals surface area contributed by atoms with Crippen LogP contribution in [-0.2, 0) is 4.79 Å². The molecule has 2 heteroatoms. The van der Waals surface area contributed by atoms with Crippen LogP contribution in [0.25, 0.3) is 0 Å². The summed E-state index contributed by atoms with van der Waals surface area (Å²) in [6, 6.07) is 0.